The van der Waals surface area contributed by atoms with Gasteiger partial charge in [-0.3, -0.25) is 4.90 Å². The lowest BCUT2D eigenvalue weighted by molar-refractivity contribution is 0.114. The quantitative estimate of drug-likeness (QED) is 0.902. The van der Waals surface area contributed by atoms with Crippen LogP contribution < -0.4 is 5.73 Å². The molecule has 3 atom stereocenters. The van der Waals surface area contributed by atoms with Crippen LogP contribution in [0, 0.1) is 19.8 Å². The van der Waals surface area contributed by atoms with Crippen LogP contribution in [-0.4, -0.2) is 24.0 Å². The van der Waals surface area contributed by atoms with E-state index in [1.165, 1.54) is 23.1 Å². The van der Waals surface area contributed by atoms with Gasteiger partial charge in [0.1, 0.15) is 0 Å². The number of likely N-dealkylation sites (tertiary alicyclic amines) is 1. The lowest BCUT2D eigenvalue weighted by Gasteiger charge is -2.40. The van der Waals surface area contributed by atoms with Gasteiger partial charge in [0, 0.05) is 25.2 Å². The summed E-state index contributed by atoms with van der Waals surface area (Å²) >= 11 is 0. The van der Waals surface area contributed by atoms with Crippen molar-refractivity contribution >= 4 is 0 Å². The van der Waals surface area contributed by atoms with Crippen molar-refractivity contribution in [2.75, 3.05) is 13.1 Å². The first-order valence-electron chi connectivity index (χ1n) is 7.59. The summed E-state index contributed by atoms with van der Waals surface area (Å²) in [7, 11) is 0. The van der Waals surface area contributed by atoms with Crippen LogP contribution in [0.15, 0.2) is 18.2 Å². The topological polar surface area (TPSA) is 29.3 Å². The van der Waals surface area contributed by atoms with Crippen LogP contribution in [-0.2, 0) is 0 Å². The van der Waals surface area contributed by atoms with Gasteiger partial charge >= 0.3 is 0 Å². The van der Waals surface area contributed by atoms with Gasteiger partial charge in [0.15, 0.2) is 0 Å². The summed E-state index contributed by atoms with van der Waals surface area (Å²) in [6, 6.07) is 7.80. The third-order valence-corrected chi connectivity index (χ3v) is 4.62. The van der Waals surface area contributed by atoms with Crippen molar-refractivity contribution in [2.24, 2.45) is 11.7 Å². The number of aryl methyl sites for hydroxylation is 2. The number of nitrogens with zero attached hydrogens (tertiary/aromatic N) is 1. The van der Waals surface area contributed by atoms with Crippen LogP contribution in [0.5, 0.6) is 0 Å². The van der Waals surface area contributed by atoms with Crippen LogP contribution in [0.4, 0.5) is 0 Å². The minimum Gasteiger partial charge on any atom is -0.327 e. The molecule has 1 fully saturated rings. The predicted octanol–water partition coefficient (Wildman–Crippen LogP) is 3.42. The highest BCUT2D eigenvalue weighted by Crippen LogP contribution is 2.28. The number of nitrogens with two attached hydrogens (primary N) is 1. The van der Waals surface area contributed by atoms with Crippen molar-refractivity contribution in [1.29, 1.82) is 0 Å². The molecule has 0 spiro atoms. The molecule has 3 unspecified atom stereocenters. The number of benzene rings is 1. The Labute approximate surface area is 118 Å². The SMILES string of the molecule is CCC1CN(C(C)c2cc(C)cc(C)c2)CCC1N. The van der Waals surface area contributed by atoms with Crippen molar-refractivity contribution < 1.29 is 0 Å². The van der Waals surface area contributed by atoms with E-state index in [0.29, 0.717) is 18.0 Å². The molecule has 19 heavy (non-hydrogen) atoms. The third kappa shape index (κ3) is 3.37. The Morgan fingerprint density at radius 2 is 1.89 bits per heavy atom. The van der Waals surface area contributed by atoms with Crippen molar-refractivity contribution in [3.8, 4) is 0 Å². The summed E-state index contributed by atoms with van der Waals surface area (Å²) in [6.07, 6.45) is 2.32. The number of hydrogen-bond acceptors (Lipinski definition) is 2. The molecule has 0 saturated carbocycles. The summed E-state index contributed by atoms with van der Waals surface area (Å²) in [6.45, 7) is 11.2. The van der Waals surface area contributed by atoms with Gasteiger partial charge in [-0.05, 0) is 38.7 Å². The lowest BCUT2D eigenvalue weighted by atomic mass is 9.89. The highest BCUT2D eigenvalue weighted by Gasteiger charge is 2.28. The summed E-state index contributed by atoms with van der Waals surface area (Å²) < 4.78 is 0. The normalized spacial score (nSPS) is 26.4. The van der Waals surface area contributed by atoms with Gasteiger partial charge in [0.2, 0.25) is 0 Å². The van der Waals surface area contributed by atoms with Crippen molar-refractivity contribution in [3.63, 3.8) is 0 Å². The maximum absolute atomic E-state index is 6.21. The highest BCUT2D eigenvalue weighted by atomic mass is 15.2. The van der Waals surface area contributed by atoms with E-state index in [2.05, 4.69) is 50.8 Å². The van der Waals surface area contributed by atoms with Crippen molar-refractivity contribution in [2.45, 2.75) is 52.6 Å². The van der Waals surface area contributed by atoms with E-state index in [1.807, 2.05) is 0 Å². The fraction of sp³-hybridized carbons (Fsp3) is 0.647. The molecule has 1 aliphatic rings. The molecular weight excluding hydrogens is 232 g/mol. The maximum atomic E-state index is 6.21. The fourth-order valence-corrected chi connectivity index (χ4v) is 3.32. The Kier molecular flexibility index (Phi) is 4.64. The average Bonchev–Trinajstić information content (AvgIpc) is 2.37. The predicted molar refractivity (Wildman–Crippen MR) is 82.3 cm³/mol. The molecule has 2 nitrogen and oxygen atoms in total. The highest BCUT2D eigenvalue weighted by molar-refractivity contribution is 5.30. The van der Waals surface area contributed by atoms with E-state index in [0.717, 1.165) is 19.5 Å². The van der Waals surface area contributed by atoms with Crippen LogP contribution in [0.1, 0.15) is 49.4 Å². The molecule has 0 aliphatic carbocycles. The molecule has 0 amide bonds. The van der Waals surface area contributed by atoms with Crippen molar-refractivity contribution in [3.05, 3.63) is 34.9 Å². The molecule has 2 N–H and O–H groups in total. The minimum absolute atomic E-state index is 0.396. The molecule has 0 radical (unpaired) electrons. The molecular formula is C17H28N2. The summed E-state index contributed by atoms with van der Waals surface area (Å²) in [5.41, 5.74) is 10.4. The Morgan fingerprint density at radius 1 is 1.26 bits per heavy atom. The number of piperidine rings is 1. The van der Waals surface area contributed by atoms with Gasteiger partial charge in [0.05, 0.1) is 0 Å². The van der Waals surface area contributed by atoms with Gasteiger partial charge < -0.3 is 5.73 Å². The standard InChI is InChI=1S/C17H28N2/c1-5-15-11-19(7-6-17(15)18)14(4)16-9-12(2)8-13(3)10-16/h8-10,14-15,17H,5-7,11,18H2,1-4H3. The van der Waals surface area contributed by atoms with E-state index in [4.69, 9.17) is 5.73 Å². The van der Waals surface area contributed by atoms with Gasteiger partial charge in [-0.25, -0.2) is 0 Å². The number of rotatable bonds is 3. The van der Waals surface area contributed by atoms with Crippen LogP contribution in [0.2, 0.25) is 0 Å². The lowest BCUT2D eigenvalue weighted by Crippen LogP contribution is -2.47. The van der Waals surface area contributed by atoms with E-state index in [1.54, 1.807) is 0 Å². The van der Waals surface area contributed by atoms with E-state index in [-0.39, 0.29) is 0 Å². The van der Waals surface area contributed by atoms with Gasteiger partial charge in [-0.15, -0.1) is 0 Å². The average molecular weight is 260 g/mol. The zero-order valence-electron chi connectivity index (χ0n) is 12.8. The van der Waals surface area contributed by atoms with E-state index < -0.39 is 0 Å². The summed E-state index contributed by atoms with van der Waals surface area (Å²) in [5.74, 6) is 0.655. The van der Waals surface area contributed by atoms with Crippen LogP contribution in [0.25, 0.3) is 0 Å². The molecule has 2 heteroatoms. The van der Waals surface area contributed by atoms with Gasteiger partial charge in [0.25, 0.3) is 0 Å². The Morgan fingerprint density at radius 3 is 2.47 bits per heavy atom. The molecule has 1 aliphatic heterocycles. The minimum atomic E-state index is 0.396. The maximum Gasteiger partial charge on any atom is 0.0320 e. The largest absolute Gasteiger partial charge is 0.327 e. The second-order valence-corrected chi connectivity index (χ2v) is 6.21. The fourth-order valence-electron chi connectivity index (χ4n) is 3.32. The van der Waals surface area contributed by atoms with Crippen LogP contribution in [0.3, 0.4) is 0 Å². The Balaban J connectivity index is 2.12. The van der Waals surface area contributed by atoms with E-state index in [9.17, 15) is 0 Å². The first-order valence-corrected chi connectivity index (χ1v) is 7.59. The van der Waals surface area contributed by atoms with Gasteiger partial charge in [-0.1, -0.05) is 42.7 Å². The van der Waals surface area contributed by atoms with Gasteiger partial charge in [-0.2, -0.15) is 0 Å². The molecule has 1 saturated heterocycles. The zero-order valence-corrected chi connectivity index (χ0v) is 12.8. The van der Waals surface area contributed by atoms with E-state index >= 15 is 0 Å². The second-order valence-electron chi connectivity index (χ2n) is 6.21. The van der Waals surface area contributed by atoms with Crippen LogP contribution >= 0.6 is 0 Å². The molecule has 1 aromatic carbocycles. The first kappa shape index (κ1) is 14.5. The second kappa shape index (κ2) is 6.06. The Bertz CT molecular complexity index is 407. The molecule has 2 rings (SSSR count). The first-order chi connectivity index (χ1) is 9.01. The van der Waals surface area contributed by atoms with Crippen molar-refractivity contribution in [1.82, 2.24) is 4.90 Å². The Hall–Kier alpha value is -0.860. The summed E-state index contributed by atoms with van der Waals surface area (Å²) in [5, 5.41) is 0. The zero-order chi connectivity index (χ0) is 14.0. The molecule has 0 bridgehead atoms. The smallest absolute Gasteiger partial charge is 0.0320 e. The monoisotopic (exact) mass is 260 g/mol. The summed E-state index contributed by atoms with van der Waals surface area (Å²) in [4.78, 5) is 2.60. The molecule has 1 aromatic rings. The molecule has 106 valence electrons. The number of hydrogen-bond donors (Lipinski definition) is 1. The molecule has 0 aromatic heterocycles. The molecule has 1 heterocycles. The third-order valence-electron chi connectivity index (χ3n) is 4.62.